The largest absolute Gasteiger partial charge is 0.399 e. The molecule has 1 amide bonds. The van der Waals surface area contributed by atoms with Crippen LogP contribution in [0.1, 0.15) is 10.4 Å². The second-order valence-corrected chi connectivity index (χ2v) is 2.99. The lowest BCUT2D eigenvalue weighted by molar-refractivity contribution is 0.100. The quantitative estimate of drug-likeness (QED) is 0.714. The molecule has 0 atom stereocenters. The van der Waals surface area contributed by atoms with Gasteiger partial charge in [-0.05, 0) is 6.07 Å². The molecule has 0 bridgehead atoms. The normalized spacial score (nSPS) is 10.1. The number of nitrogen functional groups attached to an aromatic ring is 1. The van der Waals surface area contributed by atoms with Crippen LogP contribution < -0.4 is 11.5 Å². The molecule has 2 aromatic heterocycles. The highest BCUT2D eigenvalue weighted by Gasteiger charge is 2.05. The van der Waals surface area contributed by atoms with Crippen LogP contribution in [0, 0.1) is 0 Å². The Bertz CT molecular complexity index is 505. The van der Waals surface area contributed by atoms with Gasteiger partial charge in [-0.1, -0.05) is 0 Å². The second-order valence-electron chi connectivity index (χ2n) is 2.99. The van der Waals surface area contributed by atoms with Crippen molar-refractivity contribution >= 4 is 11.6 Å². The summed E-state index contributed by atoms with van der Waals surface area (Å²) >= 11 is 0. The van der Waals surface area contributed by atoms with Crippen molar-refractivity contribution in [3.8, 4) is 5.82 Å². The van der Waals surface area contributed by atoms with Gasteiger partial charge in [-0.2, -0.15) is 5.10 Å². The molecule has 0 aliphatic heterocycles. The SMILES string of the molecule is NC(=O)c1cnn(-c2cc(N)ccn2)c1. The fourth-order valence-electron chi connectivity index (χ4n) is 1.13. The maximum absolute atomic E-state index is 10.8. The summed E-state index contributed by atoms with van der Waals surface area (Å²) in [4.78, 5) is 14.9. The summed E-state index contributed by atoms with van der Waals surface area (Å²) in [7, 11) is 0. The van der Waals surface area contributed by atoms with E-state index in [4.69, 9.17) is 11.5 Å². The fourth-order valence-corrected chi connectivity index (χ4v) is 1.13. The molecule has 0 spiro atoms. The summed E-state index contributed by atoms with van der Waals surface area (Å²) in [6, 6.07) is 3.32. The van der Waals surface area contributed by atoms with Crippen molar-refractivity contribution in [3.05, 3.63) is 36.3 Å². The zero-order valence-electron chi connectivity index (χ0n) is 7.79. The minimum absolute atomic E-state index is 0.333. The Morgan fingerprint density at radius 1 is 1.47 bits per heavy atom. The highest BCUT2D eigenvalue weighted by Crippen LogP contribution is 2.08. The third-order valence-electron chi connectivity index (χ3n) is 1.87. The van der Waals surface area contributed by atoms with Crippen molar-refractivity contribution in [2.24, 2.45) is 5.73 Å². The van der Waals surface area contributed by atoms with Crippen molar-refractivity contribution in [1.82, 2.24) is 14.8 Å². The standard InChI is InChI=1S/C9H9N5O/c10-7-1-2-12-8(3-7)14-5-6(4-13-14)9(11)15/h1-5H,(H2,10,12)(H2,11,15). The zero-order chi connectivity index (χ0) is 10.8. The number of amides is 1. The molecule has 2 rings (SSSR count). The lowest BCUT2D eigenvalue weighted by atomic mass is 10.3. The van der Waals surface area contributed by atoms with Crippen LogP contribution in [0.2, 0.25) is 0 Å². The number of carbonyl (C=O) groups excluding carboxylic acids is 1. The summed E-state index contributed by atoms with van der Waals surface area (Å²) in [6.07, 6.45) is 4.45. The minimum atomic E-state index is -0.523. The molecule has 0 unspecified atom stereocenters. The Kier molecular flexibility index (Phi) is 2.09. The molecule has 6 heteroatoms. The zero-order valence-corrected chi connectivity index (χ0v) is 7.79. The molecule has 0 radical (unpaired) electrons. The number of nitrogens with zero attached hydrogens (tertiary/aromatic N) is 3. The second kappa shape index (κ2) is 3.41. The van der Waals surface area contributed by atoms with E-state index in [1.54, 1.807) is 18.3 Å². The van der Waals surface area contributed by atoms with Gasteiger partial charge < -0.3 is 11.5 Å². The molecular formula is C9H9N5O. The van der Waals surface area contributed by atoms with Gasteiger partial charge in [0.15, 0.2) is 5.82 Å². The Hall–Kier alpha value is -2.37. The molecule has 0 aliphatic rings. The van der Waals surface area contributed by atoms with Gasteiger partial charge in [-0.25, -0.2) is 9.67 Å². The van der Waals surface area contributed by atoms with E-state index in [0.717, 1.165) is 0 Å². The third-order valence-corrected chi connectivity index (χ3v) is 1.87. The molecule has 0 fully saturated rings. The van der Waals surface area contributed by atoms with Crippen LogP contribution in [0.3, 0.4) is 0 Å². The van der Waals surface area contributed by atoms with Crippen LogP contribution in [0.5, 0.6) is 0 Å². The average Bonchev–Trinajstić information content (AvgIpc) is 2.66. The van der Waals surface area contributed by atoms with Gasteiger partial charge in [0, 0.05) is 24.1 Å². The summed E-state index contributed by atoms with van der Waals surface area (Å²) in [5, 5.41) is 3.95. The van der Waals surface area contributed by atoms with E-state index in [1.165, 1.54) is 17.1 Å². The number of hydrogen-bond acceptors (Lipinski definition) is 4. The van der Waals surface area contributed by atoms with Crippen LogP contribution in [0.25, 0.3) is 5.82 Å². The minimum Gasteiger partial charge on any atom is -0.399 e. The number of hydrogen-bond donors (Lipinski definition) is 2. The smallest absolute Gasteiger partial charge is 0.251 e. The average molecular weight is 203 g/mol. The first kappa shape index (κ1) is 9.20. The number of pyridine rings is 1. The number of rotatable bonds is 2. The molecule has 76 valence electrons. The fraction of sp³-hybridized carbons (Fsp3) is 0. The molecule has 0 saturated heterocycles. The van der Waals surface area contributed by atoms with Gasteiger partial charge in [0.2, 0.25) is 0 Å². The Labute approximate surface area is 85.5 Å². The highest BCUT2D eigenvalue weighted by atomic mass is 16.1. The number of carbonyl (C=O) groups is 1. The maximum Gasteiger partial charge on any atom is 0.251 e. The van der Waals surface area contributed by atoms with E-state index in [9.17, 15) is 4.79 Å². The molecule has 2 heterocycles. The Morgan fingerprint density at radius 3 is 2.87 bits per heavy atom. The highest BCUT2D eigenvalue weighted by molar-refractivity contribution is 5.92. The van der Waals surface area contributed by atoms with Gasteiger partial charge in [-0.15, -0.1) is 0 Å². The predicted octanol–water partition coefficient (Wildman–Crippen LogP) is -0.0516. The van der Waals surface area contributed by atoms with E-state index in [1.807, 2.05) is 0 Å². The number of primary amides is 1. The Morgan fingerprint density at radius 2 is 2.27 bits per heavy atom. The molecule has 0 saturated carbocycles. The number of aromatic nitrogens is 3. The molecule has 2 aromatic rings. The van der Waals surface area contributed by atoms with Crippen LogP contribution in [0.4, 0.5) is 5.69 Å². The topological polar surface area (TPSA) is 99.8 Å². The van der Waals surface area contributed by atoms with Crippen molar-refractivity contribution < 1.29 is 4.79 Å². The van der Waals surface area contributed by atoms with Crippen molar-refractivity contribution in [2.45, 2.75) is 0 Å². The van der Waals surface area contributed by atoms with E-state index in [0.29, 0.717) is 17.1 Å². The van der Waals surface area contributed by atoms with Crippen LogP contribution in [0.15, 0.2) is 30.7 Å². The summed E-state index contributed by atoms with van der Waals surface area (Å²) in [5.41, 5.74) is 11.6. The van der Waals surface area contributed by atoms with Crippen molar-refractivity contribution in [2.75, 3.05) is 5.73 Å². The van der Waals surface area contributed by atoms with Crippen molar-refractivity contribution in [3.63, 3.8) is 0 Å². The summed E-state index contributed by atoms with van der Waals surface area (Å²) < 4.78 is 1.44. The van der Waals surface area contributed by atoms with E-state index in [-0.39, 0.29) is 0 Å². The van der Waals surface area contributed by atoms with E-state index < -0.39 is 5.91 Å². The van der Waals surface area contributed by atoms with Crippen LogP contribution in [-0.2, 0) is 0 Å². The number of nitrogens with two attached hydrogens (primary N) is 2. The van der Waals surface area contributed by atoms with Crippen molar-refractivity contribution in [1.29, 1.82) is 0 Å². The van der Waals surface area contributed by atoms with Crippen LogP contribution >= 0.6 is 0 Å². The molecule has 15 heavy (non-hydrogen) atoms. The first-order chi connectivity index (χ1) is 7.16. The molecule has 4 N–H and O–H groups in total. The summed E-state index contributed by atoms with van der Waals surface area (Å²) in [6.45, 7) is 0. The van der Waals surface area contributed by atoms with Gasteiger partial charge >= 0.3 is 0 Å². The molecule has 6 nitrogen and oxygen atoms in total. The van der Waals surface area contributed by atoms with Gasteiger partial charge in [0.25, 0.3) is 5.91 Å². The monoisotopic (exact) mass is 203 g/mol. The van der Waals surface area contributed by atoms with Gasteiger partial charge in [0.1, 0.15) is 0 Å². The molecule has 0 aliphatic carbocycles. The maximum atomic E-state index is 10.8. The number of anilines is 1. The van der Waals surface area contributed by atoms with E-state index in [2.05, 4.69) is 10.1 Å². The first-order valence-corrected chi connectivity index (χ1v) is 4.23. The molecule has 0 aromatic carbocycles. The first-order valence-electron chi connectivity index (χ1n) is 4.23. The van der Waals surface area contributed by atoms with Gasteiger partial charge in [-0.3, -0.25) is 4.79 Å². The van der Waals surface area contributed by atoms with Crippen LogP contribution in [-0.4, -0.2) is 20.7 Å². The lowest BCUT2D eigenvalue weighted by Crippen LogP contribution is -2.09. The Balaban J connectivity index is 2.41. The molecular weight excluding hydrogens is 194 g/mol. The third kappa shape index (κ3) is 1.78. The lowest BCUT2D eigenvalue weighted by Gasteiger charge is -1.99. The predicted molar refractivity (Wildman–Crippen MR) is 54.3 cm³/mol. The van der Waals surface area contributed by atoms with E-state index >= 15 is 0 Å². The van der Waals surface area contributed by atoms with Gasteiger partial charge in [0.05, 0.1) is 11.8 Å². The summed E-state index contributed by atoms with van der Waals surface area (Å²) in [5.74, 6) is 0.0210.